The Morgan fingerprint density at radius 1 is 0.433 bits per heavy atom. The number of nitrogens with one attached hydrogen (secondary N) is 4. The van der Waals surface area contributed by atoms with Crippen LogP contribution in [0, 0.1) is 10.8 Å². The van der Waals surface area contributed by atoms with E-state index in [9.17, 15) is 48.6 Å². The summed E-state index contributed by atoms with van der Waals surface area (Å²) in [4.78, 5) is 91.8. The van der Waals surface area contributed by atoms with Gasteiger partial charge in [0.25, 0.3) is 0 Å². The van der Waals surface area contributed by atoms with Crippen LogP contribution in [-0.2, 0) is 38.1 Å². The zero-order valence-corrected chi connectivity index (χ0v) is 58.3. The minimum atomic E-state index is -1.36. The van der Waals surface area contributed by atoms with Crippen molar-refractivity contribution >= 4 is 92.3 Å². The van der Waals surface area contributed by atoms with Crippen molar-refractivity contribution in [2.24, 2.45) is 10.8 Å². The molecule has 506 valence electrons. The van der Waals surface area contributed by atoms with Crippen molar-refractivity contribution in [2.45, 2.75) is 222 Å². The van der Waals surface area contributed by atoms with E-state index in [0.717, 1.165) is 21.6 Å². The maximum atomic E-state index is 12.5. The topological polar surface area (TPSA) is 382 Å². The molecular weight excluding hydrogens is 1310 g/mol. The standard InChI is InChI=1S/C23H36BNO5.C15H20BrNO5.2C9H17NO5.C6H5BrO/c1-15(26)18(25-20(28)30-21(2,3)4)19(27)29-17-11-9-16(10-12-17)24-13-22(5,6)23(7,8)14-24;1-9(18)12(17-14(20)22-15(2,3)4)13(19)21-11-7-5-10(16)6-8-11;2*1-5(11)6(7(12)13)10-8(14)15-9(2,3)4;7-5-1-3-6(8)4-2-5/h9-12,15,18,26H,13-14H2,1-8H3,(H,25,28);5-9,12,18H,1-4H3,(H,17,20);2*5-6,11H,1-4H3,(H,10,14)(H,12,13);1-4,8H/t15-,18+;9-,12+;2*5-,6+;/m1111./s1. The summed E-state index contributed by atoms with van der Waals surface area (Å²) in [5.41, 5.74) is -1.06. The van der Waals surface area contributed by atoms with Crippen LogP contribution in [0.5, 0.6) is 17.2 Å². The average Bonchev–Trinajstić information content (AvgIpc) is 1.63. The van der Waals surface area contributed by atoms with E-state index in [1.165, 1.54) is 33.2 Å². The second kappa shape index (κ2) is 36.4. The van der Waals surface area contributed by atoms with E-state index in [-0.39, 0.29) is 10.8 Å². The zero-order chi connectivity index (χ0) is 70.2. The van der Waals surface area contributed by atoms with Gasteiger partial charge in [-0.15, -0.1) is 0 Å². The number of ether oxygens (including phenoxy) is 6. The minimum absolute atomic E-state index is 0.265. The fourth-order valence-electron chi connectivity index (χ4n) is 7.47. The molecule has 4 rings (SSSR count). The van der Waals surface area contributed by atoms with Crippen LogP contribution in [0.15, 0.2) is 81.7 Å². The van der Waals surface area contributed by atoms with Crippen molar-refractivity contribution in [3.8, 4) is 17.2 Å². The highest BCUT2D eigenvalue weighted by Gasteiger charge is 2.48. The van der Waals surface area contributed by atoms with Gasteiger partial charge in [-0.2, -0.15) is 0 Å². The van der Waals surface area contributed by atoms with Crippen molar-refractivity contribution in [1.29, 1.82) is 0 Å². The quantitative estimate of drug-likeness (QED) is 0.0292. The molecule has 4 amide bonds. The number of carbonyl (C=O) groups is 8. The van der Waals surface area contributed by atoms with Crippen LogP contribution in [-0.4, -0.2) is 162 Å². The predicted octanol–water partition coefficient (Wildman–Crippen LogP) is 9.11. The summed E-state index contributed by atoms with van der Waals surface area (Å²) >= 11 is 6.50. The van der Waals surface area contributed by atoms with Crippen molar-refractivity contribution in [3.05, 3.63) is 81.7 Å². The van der Waals surface area contributed by atoms with Gasteiger partial charge in [-0.05, 0) is 182 Å². The van der Waals surface area contributed by atoms with Crippen molar-refractivity contribution in [3.63, 3.8) is 0 Å². The molecule has 90 heavy (non-hydrogen) atoms. The molecule has 3 aromatic carbocycles. The molecule has 0 bridgehead atoms. The molecule has 1 saturated heterocycles. The molecule has 1 aliphatic rings. The fourth-order valence-corrected chi connectivity index (χ4v) is 8.00. The Labute approximate surface area is 545 Å². The van der Waals surface area contributed by atoms with Crippen LogP contribution >= 0.6 is 31.9 Å². The second-order valence-corrected chi connectivity index (χ2v) is 28.2. The molecule has 1 fully saturated rings. The third-order valence-corrected chi connectivity index (χ3v) is 13.5. The third kappa shape index (κ3) is 35.0. The molecule has 0 radical (unpaired) electrons. The Balaban J connectivity index is 0.00000117. The Bertz CT molecular complexity index is 2680. The number of esters is 2. The maximum absolute atomic E-state index is 12.5. The summed E-state index contributed by atoms with van der Waals surface area (Å²) in [6.45, 7) is 35.3. The molecule has 11 N–H and O–H groups in total. The van der Waals surface area contributed by atoms with Gasteiger partial charge in [-0.1, -0.05) is 89.8 Å². The molecule has 0 unspecified atom stereocenters. The molecule has 0 saturated carbocycles. The van der Waals surface area contributed by atoms with E-state index in [1.807, 2.05) is 12.1 Å². The van der Waals surface area contributed by atoms with Gasteiger partial charge in [-0.3, -0.25) is 0 Å². The largest absolute Gasteiger partial charge is 0.508 e. The molecule has 1 aliphatic heterocycles. The monoisotopic (exact) mass is 1400 g/mol. The van der Waals surface area contributed by atoms with Crippen LogP contribution in [0.3, 0.4) is 0 Å². The van der Waals surface area contributed by atoms with Crippen LogP contribution in [0.1, 0.15) is 138 Å². The highest BCUT2D eigenvalue weighted by molar-refractivity contribution is 9.10. The number of hydrogen-bond donors (Lipinski definition) is 11. The number of carbonyl (C=O) groups excluding carboxylic acids is 6. The van der Waals surface area contributed by atoms with Gasteiger partial charge in [0, 0.05) is 8.95 Å². The van der Waals surface area contributed by atoms with E-state index in [2.05, 4.69) is 80.8 Å². The number of benzene rings is 3. The Kier molecular flexibility index (Phi) is 33.6. The number of aliphatic carboxylic acids is 2. The Morgan fingerprint density at radius 2 is 0.667 bits per heavy atom. The Morgan fingerprint density at radius 3 is 0.889 bits per heavy atom. The van der Waals surface area contributed by atoms with Crippen LogP contribution in [0.2, 0.25) is 12.6 Å². The highest BCUT2D eigenvalue weighted by Crippen LogP contribution is 2.52. The summed E-state index contributed by atoms with van der Waals surface area (Å²) in [5, 5.41) is 72.6. The number of alkyl carbamates (subject to hydrolysis) is 4. The lowest BCUT2D eigenvalue weighted by Gasteiger charge is -2.35. The second-order valence-electron chi connectivity index (χ2n) is 26.3. The first kappa shape index (κ1) is 83.3. The number of carboxylic acids is 2. The van der Waals surface area contributed by atoms with E-state index >= 15 is 0 Å². The lowest BCUT2D eigenvalue weighted by molar-refractivity contribution is -0.143. The van der Waals surface area contributed by atoms with Gasteiger partial charge < -0.3 is 85.4 Å². The molecular formula is C62H95BBr2N4O21. The van der Waals surface area contributed by atoms with E-state index in [0.29, 0.717) is 24.0 Å². The van der Waals surface area contributed by atoms with Crippen molar-refractivity contribution < 1.29 is 103 Å². The predicted molar refractivity (Wildman–Crippen MR) is 345 cm³/mol. The van der Waals surface area contributed by atoms with Crippen LogP contribution in [0.4, 0.5) is 19.2 Å². The SMILES string of the molecule is C[C@@H](O)[C@H](NC(=O)OC(C)(C)C)C(=O)O.C[C@@H](O)[C@H](NC(=O)OC(C)(C)C)C(=O)O.C[C@@H](O)[C@H](NC(=O)OC(C)(C)C)C(=O)Oc1ccc(B2CC(C)(C)C(C)(C)C2)cc1.C[C@@H](O)[C@H](NC(=O)OC(C)(C)C)C(=O)Oc1ccc(Br)cc1.Oc1ccc(Br)cc1. The molecule has 25 nitrogen and oxygen atoms in total. The zero-order valence-electron chi connectivity index (χ0n) is 55.1. The molecule has 0 aliphatic carbocycles. The molecule has 28 heteroatoms. The maximum Gasteiger partial charge on any atom is 0.408 e. The number of aliphatic hydroxyl groups excluding tert-OH is 4. The lowest BCUT2D eigenvalue weighted by Crippen LogP contribution is -2.50. The molecule has 3 aromatic rings. The van der Waals surface area contributed by atoms with Crippen molar-refractivity contribution in [1.82, 2.24) is 21.3 Å². The van der Waals surface area contributed by atoms with E-state index in [4.69, 9.17) is 54.0 Å². The molecule has 1 heterocycles. The molecule has 0 spiro atoms. The number of phenolic OH excluding ortho intramolecular Hbond substituents is 1. The molecule has 0 aromatic heterocycles. The van der Waals surface area contributed by atoms with Gasteiger partial charge >= 0.3 is 48.3 Å². The van der Waals surface area contributed by atoms with Gasteiger partial charge in [0.05, 0.1) is 24.4 Å². The first-order chi connectivity index (χ1) is 40.7. The van der Waals surface area contributed by atoms with E-state index in [1.54, 1.807) is 144 Å². The van der Waals surface area contributed by atoms with Gasteiger partial charge in [0.2, 0.25) is 0 Å². The number of aliphatic hydroxyl groups is 4. The summed E-state index contributed by atoms with van der Waals surface area (Å²) in [5.74, 6) is -3.16. The third-order valence-electron chi connectivity index (χ3n) is 12.4. The number of carboxylic acid groups (broad SMARTS) is 2. The van der Waals surface area contributed by atoms with Crippen LogP contribution in [0.25, 0.3) is 0 Å². The number of hydrogen-bond acceptors (Lipinski definition) is 19. The molecule has 8 atom stereocenters. The smallest absolute Gasteiger partial charge is 0.408 e. The lowest BCUT2D eigenvalue weighted by atomic mass is 9.42. The normalized spacial score (nSPS) is 15.9. The summed E-state index contributed by atoms with van der Waals surface area (Å²) < 4.78 is 32.3. The summed E-state index contributed by atoms with van der Waals surface area (Å²) in [7, 11) is 0. The fraction of sp³-hybridized carbons (Fsp3) is 0.581. The van der Waals surface area contributed by atoms with E-state index < -0.39 is 119 Å². The number of rotatable bonds is 15. The number of halogens is 2. The van der Waals surface area contributed by atoms with Gasteiger partial charge in [-0.25, -0.2) is 38.4 Å². The summed E-state index contributed by atoms with van der Waals surface area (Å²) in [6, 6.07) is 15.8. The number of phenols is 1. The van der Waals surface area contributed by atoms with Crippen molar-refractivity contribution in [2.75, 3.05) is 0 Å². The van der Waals surface area contributed by atoms with Gasteiger partial charge in [0.15, 0.2) is 30.9 Å². The van der Waals surface area contributed by atoms with Gasteiger partial charge in [0.1, 0.15) is 39.7 Å². The minimum Gasteiger partial charge on any atom is -0.508 e. The number of aromatic hydroxyl groups is 1. The number of amides is 4. The highest BCUT2D eigenvalue weighted by atomic mass is 79.9. The first-order valence-electron chi connectivity index (χ1n) is 28.6. The summed E-state index contributed by atoms with van der Waals surface area (Å²) in [6.07, 6.45) is -5.72. The average molecular weight is 1400 g/mol. The Hall–Kier alpha value is -6.72. The first-order valence-corrected chi connectivity index (χ1v) is 30.2. The van der Waals surface area contributed by atoms with Crippen LogP contribution < -0.4 is 36.2 Å².